The molecule has 0 spiro atoms. The SMILES string of the molecule is CC(=O)O[C@H]1[C@H](Oc2ccc(C(=O)/C=C/c3ccc(O)c(O)c3)c(O)c2O)O[C@H](COC(=O)/C=C/c2ccc(O)cc2)[C@@H](OC(C)=O)[C@@H]1O. The van der Waals surface area contributed by atoms with Gasteiger partial charge in [-0.1, -0.05) is 24.3 Å². The van der Waals surface area contributed by atoms with E-state index in [9.17, 15) is 49.8 Å². The number of hydrogen-bond donors (Lipinski definition) is 6. The highest BCUT2D eigenvalue weighted by molar-refractivity contribution is 6.09. The average Bonchev–Trinajstić information content (AvgIpc) is 3.05. The van der Waals surface area contributed by atoms with E-state index in [4.69, 9.17) is 23.7 Å². The number of hydrogen-bond acceptors (Lipinski definition) is 15. The van der Waals surface area contributed by atoms with E-state index < -0.39 is 84.0 Å². The molecule has 0 unspecified atom stereocenters. The summed E-state index contributed by atoms with van der Waals surface area (Å²) in [5, 5.41) is 61.0. The fourth-order valence-electron chi connectivity index (χ4n) is 4.63. The fourth-order valence-corrected chi connectivity index (χ4v) is 4.63. The zero-order valence-electron chi connectivity index (χ0n) is 26.0. The fraction of sp³-hybridized carbons (Fsp3) is 0.235. The summed E-state index contributed by atoms with van der Waals surface area (Å²) in [6.07, 6.45) is -3.33. The largest absolute Gasteiger partial charge is 0.508 e. The summed E-state index contributed by atoms with van der Waals surface area (Å²) in [4.78, 5) is 49.0. The predicted molar refractivity (Wildman–Crippen MR) is 167 cm³/mol. The number of allylic oxidation sites excluding steroid dienone is 1. The van der Waals surface area contributed by atoms with Crippen LogP contribution in [0.25, 0.3) is 12.2 Å². The lowest BCUT2D eigenvalue weighted by Crippen LogP contribution is -2.62. The molecule has 49 heavy (non-hydrogen) atoms. The molecule has 1 saturated heterocycles. The number of aromatic hydroxyl groups is 5. The zero-order valence-corrected chi connectivity index (χ0v) is 26.0. The Morgan fingerprint density at radius 3 is 2.04 bits per heavy atom. The van der Waals surface area contributed by atoms with Gasteiger partial charge in [-0.15, -0.1) is 0 Å². The first-order valence-electron chi connectivity index (χ1n) is 14.5. The van der Waals surface area contributed by atoms with Crippen molar-refractivity contribution in [3.8, 4) is 34.5 Å². The van der Waals surface area contributed by atoms with Gasteiger partial charge in [0.05, 0.1) is 5.56 Å². The monoisotopic (exact) mass is 680 g/mol. The molecule has 258 valence electrons. The van der Waals surface area contributed by atoms with Crippen molar-refractivity contribution >= 4 is 35.8 Å². The topological polar surface area (TPSA) is 236 Å². The van der Waals surface area contributed by atoms with Gasteiger partial charge in [0, 0.05) is 19.9 Å². The van der Waals surface area contributed by atoms with Crippen LogP contribution in [0.3, 0.4) is 0 Å². The van der Waals surface area contributed by atoms with Crippen LogP contribution in [0.4, 0.5) is 0 Å². The Labute approximate surface area is 278 Å². The van der Waals surface area contributed by atoms with Gasteiger partial charge in [-0.3, -0.25) is 14.4 Å². The van der Waals surface area contributed by atoms with Crippen molar-refractivity contribution in [3.63, 3.8) is 0 Å². The molecule has 1 fully saturated rings. The maximum absolute atomic E-state index is 12.8. The molecule has 3 aromatic carbocycles. The molecule has 4 rings (SSSR count). The Hall–Kier alpha value is -6.06. The second kappa shape index (κ2) is 15.7. The minimum Gasteiger partial charge on any atom is -0.508 e. The number of carbonyl (C=O) groups is 4. The molecule has 5 atom stereocenters. The van der Waals surface area contributed by atoms with Gasteiger partial charge in [-0.25, -0.2) is 4.79 Å². The van der Waals surface area contributed by atoms with Gasteiger partial charge < -0.3 is 54.3 Å². The van der Waals surface area contributed by atoms with E-state index >= 15 is 0 Å². The minimum atomic E-state index is -1.80. The molecule has 0 aliphatic carbocycles. The van der Waals surface area contributed by atoms with Crippen molar-refractivity contribution in [1.29, 1.82) is 0 Å². The van der Waals surface area contributed by atoms with Crippen LogP contribution >= 0.6 is 0 Å². The summed E-state index contributed by atoms with van der Waals surface area (Å²) in [6.45, 7) is 1.47. The molecule has 6 N–H and O–H groups in total. The molecule has 0 saturated carbocycles. The number of carbonyl (C=O) groups excluding carboxylic acids is 4. The average molecular weight is 681 g/mol. The molecule has 1 heterocycles. The van der Waals surface area contributed by atoms with Gasteiger partial charge in [0.25, 0.3) is 0 Å². The van der Waals surface area contributed by atoms with Crippen LogP contribution in [0.5, 0.6) is 34.5 Å². The van der Waals surface area contributed by atoms with Crippen molar-refractivity contribution in [2.24, 2.45) is 0 Å². The summed E-state index contributed by atoms with van der Waals surface area (Å²) >= 11 is 0. The Morgan fingerprint density at radius 2 is 1.39 bits per heavy atom. The molecule has 1 aliphatic heterocycles. The number of ketones is 1. The van der Waals surface area contributed by atoms with Crippen molar-refractivity contribution in [1.82, 2.24) is 0 Å². The standard InChI is InChI=1S/C34H32O15/c1-17(35)46-32-27(16-45-28(41)14-7-19-3-8-21(37)9-4-19)49-34(33(31(32)44)47-18(2)36)48-26-13-10-22(29(42)30(26)43)23(38)11-5-20-6-12-24(39)25(40)15-20/h3-15,27,31-34,37,39-40,42-44H,16H2,1-2H3/b11-5+,14-7+/t27-,31+,32-,33-,34-/m1/s1. The number of phenols is 5. The van der Waals surface area contributed by atoms with Crippen molar-refractivity contribution < 1.29 is 73.5 Å². The molecule has 15 nitrogen and oxygen atoms in total. The van der Waals surface area contributed by atoms with Crippen LogP contribution < -0.4 is 4.74 Å². The number of ether oxygens (including phenoxy) is 5. The predicted octanol–water partition coefficient (Wildman–Crippen LogP) is 2.70. The summed E-state index contributed by atoms with van der Waals surface area (Å²) in [6, 6.07) is 11.9. The van der Waals surface area contributed by atoms with Gasteiger partial charge >= 0.3 is 17.9 Å². The Bertz CT molecular complexity index is 1760. The van der Waals surface area contributed by atoms with E-state index in [2.05, 4.69) is 0 Å². The number of aliphatic hydroxyl groups is 1. The van der Waals surface area contributed by atoms with E-state index in [0.29, 0.717) is 11.1 Å². The highest BCUT2D eigenvalue weighted by atomic mass is 16.7. The summed E-state index contributed by atoms with van der Waals surface area (Å²) in [5.41, 5.74) is 0.557. The first-order chi connectivity index (χ1) is 23.2. The molecular weight excluding hydrogens is 648 g/mol. The summed E-state index contributed by atoms with van der Waals surface area (Å²) in [5.74, 6) is -6.41. The van der Waals surface area contributed by atoms with Crippen LogP contribution in [-0.2, 0) is 33.3 Å². The number of aliphatic hydroxyl groups excluding tert-OH is 1. The highest BCUT2D eigenvalue weighted by Crippen LogP contribution is 2.40. The van der Waals surface area contributed by atoms with Crippen LogP contribution in [0.2, 0.25) is 0 Å². The smallest absolute Gasteiger partial charge is 0.330 e. The molecule has 15 heteroatoms. The number of rotatable bonds is 11. The van der Waals surface area contributed by atoms with E-state index in [1.807, 2.05) is 0 Å². The summed E-state index contributed by atoms with van der Waals surface area (Å²) < 4.78 is 27.1. The van der Waals surface area contributed by atoms with Gasteiger partial charge in [-0.05, 0) is 59.7 Å². The Kier molecular flexibility index (Phi) is 11.5. The summed E-state index contributed by atoms with van der Waals surface area (Å²) in [7, 11) is 0. The van der Waals surface area contributed by atoms with Crippen molar-refractivity contribution in [2.45, 2.75) is 44.6 Å². The first-order valence-corrected chi connectivity index (χ1v) is 14.5. The quantitative estimate of drug-likeness (QED) is 0.0561. The third-order valence-corrected chi connectivity index (χ3v) is 6.97. The molecule has 0 amide bonds. The van der Waals surface area contributed by atoms with Crippen LogP contribution in [0.15, 0.2) is 66.7 Å². The Balaban J connectivity index is 1.54. The van der Waals surface area contributed by atoms with Gasteiger partial charge in [-0.2, -0.15) is 0 Å². The second-order valence-corrected chi connectivity index (χ2v) is 10.6. The van der Waals surface area contributed by atoms with Crippen LogP contribution in [-0.4, -0.2) is 91.6 Å². The van der Waals surface area contributed by atoms with E-state index in [1.54, 1.807) is 12.1 Å². The molecule has 1 aliphatic rings. The first kappa shape index (κ1) is 35.8. The minimum absolute atomic E-state index is 0.0303. The third-order valence-electron chi connectivity index (χ3n) is 6.97. The van der Waals surface area contributed by atoms with Crippen LogP contribution in [0, 0.1) is 0 Å². The van der Waals surface area contributed by atoms with Gasteiger partial charge in [0.1, 0.15) is 24.6 Å². The molecule has 3 aromatic rings. The number of phenolic OH excluding ortho intramolecular Hbond substituents is 5. The molecular formula is C34H32O15. The lowest BCUT2D eigenvalue weighted by molar-refractivity contribution is -0.285. The number of esters is 3. The molecule has 0 bridgehead atoms. The lowest BCUT2D eigenvalue weighted by atomic mass is 9.98. The van der Waals surface area contributed by atoms with Crippen molar-refractivity contribution in [3.05, 3.63) is 83.4 Å². The van der Waals surface area contributed by atoms with Crippen LogP contribution in [0.1, 0.15) is 35.3 Å². The van der Waals surface area contributed by atoms with E-state index in [1.165, 1.54) is 42.5 Å². The highest BCUT2D eigenvalue weighted by Gasteiger charge is 2.51. The van der Waals surface area contributed by atoms with Gasteiger partial charge in [0.15, 0.2) is 41.0 Å². The molecule has 0 radical (unpaired) electrons. The maximum Gasteiger partial charge on any atom is 0.330 e. The van der Waals surface area contributed by atoms with E-state index in [-0.39, 0.29) is 17.1 Å². The maximum atomic E-state index is 12.8. The van der Waals surface area contributed by atoms with Crippen molar-refractivity contribution in [2.75, 3.05) is 6.61 Å². The third kappa shape index (κ3) is 9.27. The lowest BCUT2D eigenvalue weighted by Gasteiger charge is -2.42. The number of benzene rings is 3. The zero-order chi connectivity index (χ0) is 35.8. The molecule has 0 aromatic heterocycles. The normalized spacial score (nSPS) is 20.5. The Morgan fingerprint density at radius 1 is 0.755 bits per heavy atom. The van der Waals surface area contributed by atoms with Gasteiger partial charge in [0.2, 0.25) is 12.0 Å². The van der Waals surface area contributed by atoms with E-state index in [0.717, 1.165) is 38.1 Å². The second-order valence-electron chi connectivity index (χ2n) is 10.6.